The van der Waals surface area contributed by atoms with Gasteiger partial charge in [-0.2, -0.15) is 0 Å². The number of nitrogens with zero attached hydrogens (tertiary/aromatic N) is 1. The van der Waals surface area contributed by atoms with E-state index in [-0.39, 0.29) is 18.3 Å². The van der Waals surface area contributed by atoms with Crippen molar-refractivity contribution in [3.05, 3.63) is 72.9 Å². The van der Waals surface area contributed by atoms with E-state index in [9.17, 15) is 0 Å². The SMILES string of the molecule is CCCCC/C=C\CCCC(CCC/C=C\CCCCC)O[Si](CCCCN(C)C)(OC(CCC/C=C\CCCCC)CCC/C=C\CCCCC)OC(CCC/C=C\CCCCC)CCC/C=C\CCCCC. The standard InChI is InChI=1S/C69H131NO3Si/c1-9-15-21-27-33-39-45-51-59-67(60-52-46-40-34-28-22-16-10-2)71-74(66-58-57-65-70(7)8,72-68(61-53-47-41-35-29-23-17-11-3)62-54-48-42-36-30-24-18-12-4)73-69(63-55-49-43-37-31-25-19-13-5)64-56-50-44-38-32-26-20-14-6/h33-44,67-69H,9-32,45-66H2,1-8H3/b39-33-,40-34-,41-35-,42-36-,43-37-,44-38-. The largest absolute Gasteiger partial charge is 0.501 e. The molecule has 0 aliphatic heterocycles. The van der Waals surface area contributed by atoms with Crippen LogP contribution in [0, 0.1) is 0 Å². The summed E-state index contributed by atoms with van der Waals surface area (Å²) in [6.45, 7) is 14.9. The predicted molar refractivity (Wildman–Crippen MR) is 336 cm³/mol. The number of rotatable bonds is 59. The van der Waals surface area contributed by atoms with Crippen LogP contribution >= 0.6 is 0 Å². The third-order valence-electron chi connectivity index (χ3n) is 14.6. The van der Waals surface area contributed by atoms with Crippen LogP contribution < -0.4 is 0 Å². The lowest BCUT2D eigenvalue weighted by Gasteiger charge is -2.39. The van der Waals surface area contributed by atoms with Gasteiger partial charge in [0.15, 0.2) is 0 Å². The molecule has 0 heterocycles. The molecule has 0 saturated carbocycles. The number of hydrogen-bond acceptors (Lipinski definition) is 4. The average molecular weight is 1050 g/mol. The minimum atomic E-state index is -3.23. The minimum absolute atomic E-state index is 0.146. The van der Waals surface area contributed by atoms with Crippen molar-refractivity contribution in [1.82, 2.24) is 4.90 Å². The van der Waals surface area contributed by atoms with Crippen LogP contribution in [-0.4, -0.2) is 52.7 Å². The van der Waals surface area contributed by atoms with Crippen molar-refractivity contribution in [2.45, 2.75) is 348 Å². The topological polar surface area (TPSA) is 30.9 Å². The van der Waals surface area contributed by atoms with Crippen LogP contribution in [0.15, 0.2) is 72.9 Å². The van der Waals surface area contributed by atoms with E-state index in [2.05, 4.69) is 133 Å². The second kappa shape index (κ2) is 59.2. The number of unbranched alkanes of at least 4 members (excludes halogenated alkanes) is 25. The Morgan fingerprint density at radius 3 is 0.662 bits per heavy atom. The quantitative estimate of drug-likeness (QED) is 0.0345. The van der Waals surface area contributed by atoms with E-state index < -0.39 is 8.80 Å². The first-order chi connectivity index (χ1) is 36.4. The Kier molecular flexibility index (Phi) is 58.0. The fourth-order valence-electron chi connectivity index (χ4n) is 9.85. The van der Waals surface area contributed by atoms with Crippen LogP contribution in [-0.2, 0) is 13.3 Å². The first-order valence-electron chi connectivity index (χ1n) is 33.0. The van der Waals surface area contributed by atoms with E-state index in [0.29, 0.717) is 0 Å². The molecule has 0 aliphatic rings. The maximum absolute atomic E-state index is 7.93. The lowest BCUT2D eigenvalue weighted by molar-refractivity contribution is -0.0324. The van der Waals surface area contributed by atoms with Crippen molar-refractivity contribution in [3.63, 3.8) is 0 Å². The Hall–Kier alpha value is -1.50. The Balaban J connectivity index is 7.30. The van der Waals surface area contributed by atoms with Gasteiger partial charge in [0.05, 0.1) is 0 Å². The molecule has 5 heteroatoms. The highest BCUT2D eigenvalue weighted by Gasteiger charge is 2.46. The van der Waals surface area contributed by atoms with Crippen molar-refractivity contribution in [2.75, 3.05) is 20.6 Å². The van der Waals surface area contributed by atoms with Gasteiger partial charge in [0.2, 0.25) is 0 Å². The number of hydrogen-bond donors (Lipinski definition) is 0. The molecule has 0 fully saturated rings. The van der Waals surface area contributed by atoms with Crippen LogP contribution in [0.1, 0.15) is 324 Å². The molecule has 0 atom stereocenters. The summed E-state index contributed by atoms with van der Waals surface area (Å²) in [6.07, 6.45) is 83.0. The molecule has 0 amide bonds. The Morgan fingerprint density at radius 1 is 0.270 bits per heavy atom. The maximum atomic E-state index is 7.93. The third-order valence-corrected chi connectivity index (χ3v) is 17.6. The van der Waals surface area contributed by atoms with E-state index in [1.165, 1.54) is 154 Å². The first-order valence-corrected chi connectivity index (χ1v) is 34.9. The van der Waals surface area contributed by atoms with Crippen molar-refractivity contribution in [2.24, 2.45) is 0 Å². The second-order valence-electron chi connectivity index (χ2n) is 22.6. The van der Waals surface area contributed by atoms with Crippen LogP contribution in [0.25, 0.3) is 0 Å². The van der Waals surface area contributed by atoms with Gasteiger partial charge in [0, 0.05) is 24.4 Å². The van der Waals surface area contributed by atoms with E-state index in [4.69, 9.17) is 13.3 Å². The molecule has 74 heavy (non-hydrogen) atoms. The zero-order chi connectivity index (χ0) is 53.9. The van der Waals surface area contributed by atoms with Gasteiger partial charge in [0.25, 0.3) is 0 Å². The Bertz CT molecular complexity index is 1070. The zero-order valence-corrected chi connectivity index (χ0v) is 52.4. The van der Waals surface area contributed by atoms with E-state index in [0.717, 1.165) is 141 Å². The molecule has 0 aromatic heterocycles. The van der Waals surface area contributed by atoms with E-state index in [1.807, 2.05) is 0 Å². The summed E-state index contributed by atoms with van der Waals surface area (Å²) in [6, 6.07) is 0.919. The van der Waals surface area contributed by atoms with Gasteiger partial charge >= 0.3 is 8.80 Å². The summed E-state index contributed by atoms with van der Waals surface area (Å²) in [5.41, 5.74) is 0. The highest BCUT2D eigenvalue weighted by molar-refractivity contribution is 6.60. The molecule has 0 aliphatic carbocycles. The molecule has 0 radical (unpaired) electrons. The van der Waals surface area contributed by atoms with Crippen molar-refractivity contribution in [1.29, 1.82) is 0 Å². The molecular weight excluding hydrogens is 919 g/mol. The Morgan fingerprint density at radius 2 is 0.473 bits per heavy atom. The zero-order valence-electron chi connectivity index (χ0n) is 51.4. The molecule has 0 bridgehead atoms. The predicted octanol–water partition coefficient (Wildman–Crippen LogP) is 23.3. The summed E-state index contributed by atoms with van der Waals surface area (Å²) in [7, 11) is 1.22. The third kappa shape index (κ3) is 51.3. The molecule has 0 saturated heterocycles. The van der Waals surface area contributed by atoms with Gasteiger partial charge < -0.3 is 18.2 Å². The average Bonchev–Trinajstić information content (AvgIpc) is 3.39. The lowest BCUT2D eigenvalue weighted by Crippen LogP contribution is -2.53. The molecule has 0 spiro atoms. The minimum Gasteiger partial charge on any atom is -0.370 e. The first kappa shape index (κ1) is 72.5. The van der Waals surface area contributed by atoms with Crippen LogP contribution in [0.4, 0.5) is 0 Å². The lowest BCUT2D eigenvalue weighted by atomic mass is 10.1. The Labute approximate surface area is 466 Å². The highest BCUT2D eigenvalue weighted by atomic mass is 28.4. The van der Waals surface area contributed by atoms with E-state index >= 15 is 0 Å². The maximum Gasteiger partial charge on any atom is 0.501 e. The van der Waals surface area contributed by atoms with Crippen LogP contribution in [0.5, 0.6) is 0 Å². The summed E-state index contributed by atoms with van der Waals surface area (Å²) >= 11 is 0. The van der Waals surface area contributed by atoms with Crippen molar-refractivity contribution < 1.29 is 13.3 Å². The summed E-state index contributed by atoms with van der Waals surface area (Å²) in [4.78, 5) is 2.35. The molecule has 0 unspecified atom stereocenters. The molecular formula is C69H131NO3Si. The smallest absolute Gasteiger partial charge is 0.370 e. The molecule has 4 nitrogen and oxygen atoms in total. The molecule has 0 aromatic carbocycles. The van der Waals surface area contributed by atoms with Crippen molar-refractivity contribution >= 4 is 8.80 Å². The normalized spacial score (nSPS) is 13.0. The fourth-order valence-corrected chi connectivity index (χ4v) is 13.3. The fraction of sp³-hybridized carbons (Fsp3) is 0.826. The molecule has 0 rings (SSSR count). The number of allylic oxidation sites excluding steroid dienone is 12. The van der Waals surface area contributed by atoms with Gasteiger partial charge in [-0.1, -0.05) is 192 Å². The highest BCUT2D eigenvalue weighted by Crippen LogP contribution is 2.33. The van der Waals surface area contributed by atoms with Gasteiger partial charge in [-0.25, -0.2) is 0 Å². The molecule has 434 valence electrons. The van der Waals surface area contributed by atoms with Gasteiger partial charge in [0.1, 0.15) is 0 Å². The summed E-state index contributed by atoms with van der Waals surface area (Å²) in [5.74, 6) is 0. The molecule has 0 N–H and O–H groups in total. The van der Waals surface area contributed by atoms with E-state index in [1.54, 1.807) is 0 Å². The van der Waals surface area contributed by atoms with Crippen LogP contribution in [0.3, 0.4) is 0 Å². The monoisotopic (exact) mass is 1050 g/mol. The van der Waals surface area contributed by atoms with Gasteiger partial charge in [-0.05, 0) is 226 Å². The molecule has 0 aromatic rings. The van der Waals surface area contributed by atoms with Gasteiger partial charge in [-0.15, -0.1) is 0 Å². The van der Waals surface area contributed by atoms with Crippen LogP contribution in [0.2, 0.25) is 6.04 Å². The van der Waals surface area contributed by atoms with Crippen molar-refractivity contribution in [3.8, 4) is 0 Å². The van der Waals surface area contributed by atoms with Gasteiger partial charge in [-0.3, -0.25) is 0 Å². The second-order valence-corrected chi connectivity index (χ2v) is 25.1. The summed E-state index contributed by atoms with van der Waals surface area (Å²) in [5, 5.41) is 0. The summed E-state index contributed by atoms with van der Waals surface area (Å²) < 4.78 is 23.8.